The quantitative estimate of drug-likeness (QED) is 0.201. The summed E-state index contributed by atoms with van der Waals surface area (Å²) in [5.74, 6) is 6.96. The van der Waals surface area contributed by atoms with Gasteiger partial charge in [-0.05, 0) is 110 Å². The van der Waals surface area contributed by atoms with E-state index in [1.165, 1.54) is 86.9 Å². The third-order valence-electron chi connectivity index (χ3n) is 7.05. The van der Waals surface area contributed by atoms with Gasteiger partial charge in [-0.15, -0.1) is 0 Å². The number of hydrogen-bond donors (Lipinski definition) is 0. The van der Waals surface area contributed by atoms with Crippen LogP contribution in [0.3, 0.4) is 0 Å². The van der Waals surface area contributed by atoms with Crippen molar-refractivity contribution in [2.75, 3.05) is 29.6 Å². The van der Waals surface area contributed by atoms with Crippen LogP contribution in [0.25, 0.3) is 0 Å². The summed E-state index contributed by atoms with van der Waals surface area (Å²) in [4.78, 5) is 11.4. The van der Waals surface area contributed by atoms with Crippen molar-refractivity contribution in [3.8, 4) is 0 Å². The summed E-state index contributed by atoms with van der Waals surface area (Å²) in [5, 5.41) is 0. The van der Waals surface area contributed by atoms with E-state index in [2.05, 4.69) is 37.0 Å². The van der Waals surface area contributed by atoms with Gasteiger partial charge >= 0.3 is 5.97 Å². The highest BCUT2D eigenvalue weighted by Crippen LogP contribution is 2.67. The maximum atomic E-state index is 11.4. The Hall–Kier alpha value is -0.0900. The number of carbonyl (C=O) groups is 1. The Labute approximate surface area is 175 Å². The van der Waals surface area contributed by atoms with Crippen molar-refractivity contribution in [1.29, 1.82) is 0 Å². The Morgan fingerprint density at radius 3 is 2.30 bits per heavy atom. The zero-order valence-electron chi connectivity index (χ0n) is 17.2. The van der Waals surface area contributed by atoms with Crippen LogP contribution in [-0.4, -0.2) is 35.6 Å². The minimum atomic E-state index is -0.261. The first-order valence-electron chi connectivity index (χ1n) is 11.0. The first kappa shape index (κ1) is 21.6. The monoisotopic (exact) mass is 410 g/mol. The van der Waals surface area contributed by atoms with Gasteiger partial charge in [0.2, 0.25) is 0 Å². The molecular weight excluding hydrogens is 372 g/mol. The molecule has 0 aromatic rings. The minimum Gasteiger partial charge on any atom is -0.463 e. The van der Waals surface area contributed by atoms with E-state index in [0.717, 1.165) is 18.3 Å². The van der Waals surface area contributed by atoms with Crippen molar-refractivity contribution in [3.05, 3.63) is 12.7 Å². The fourth-order valence-electron chi connectivity index (χ4n) is 6.56. The Bertz CT molecular complexity index is 491. The van der Waals surface area contributed by atoms with Gasteiger partial charge in [-0.1, -0.05) is 13.5 Å². The van der Waals surface area contributed by atoms with E-state index in [1.54, 1.807) is 0 Å². The van der Waals surface area contributed by atoms with Gasteiger partial charge in [-0.3, -0.25) is 0 Å². The predicted molar refractivity (Wildman–Crippen MR) is 119 cm³/mol. The van der Waals surface area contributed by atoms with Gasteiger partial charge in [0.25, 0.3) is 0 Å². The highest BCUT2D eigenvalue weighted by atomic mass is 32.2. The number of rotatable bonds is 13. The lowest BCUT2D eigenvalue weighted by molar-refractivity contribution is -0.144. The summed E-state index contributed by atoms with van der Waals surface area (Å²) in [6.07, 6.45) is 15.0. The summed E-state index contributed by atoms with van der Waals surface area (Å²) >= 11 is 4.30. The lowest BCUT2D eigenvalue weighted by Crippen LogP contribution is -2.52. The van der Waals surface area contributed by atoms with Crippen molar-refractivity contribution in [2.24, 2.45) is 22.7 Å². The molecule has 0 aliphatic heterocycles. The molecule has 0 saturated heterocycles. The van der Waals surface area contributed by atoms with E-state index in [4.69, 9.17) is 4.74 Å². The summed E-state index contributed by atoms with van der Waals surface area (Å²) in [7, 11) is 0. The van der Waals surface area contributed by atoms with E-state index < -0.39 is 0 Å². The zero-order chi connectivity index (χ0) is 19.2. The SMILES string of the molecule is C=CC(=O)OCCC12CC3CC(C1)CC(CCSCCCSCCC)(C3)C2. The molecule has 0 heterocycles. The molecule has 2 atom stereocenters. The third-order valence-corrected chi connectivity index (χ3v) is 9.39. The molecule has 4 rings (SSSR count). The molecule has 154 valence electrons. The van der Waals surface area contributed by atoms with Gasteiger partial charge in [0, 0.05) is 6.08 Å². The Morgan fingerprint density at radius 1 is 1.04 bits per heavy atom. The van der Waals surface area contributed by atoms with Gasteiger partial charge in [0.05, 0.1) is 6.61 Å². The number of thioether (sulfide) groups is 2. The maximum absolute atomic E-state index is 11.4. The summed E-state index contributed by atoms with van der Waals surface area (Å²) < 4.78 is 5.35. The summed E-state index contributed by atoms with van der Waals surface area (Å²) in [5.41, 5.74) is 1.07. The molecule has 27 heavy (non-hydrogen) atoms. The van der Waals surface area contributed by atoms with E-state index in [1.807, 2.05) is 0 Å². The second kappa shape index (κ2) is 10.1. The molecule has 4 bridgehead atoms. The van der Waals surface area contributed by atoms with E-state index in [0.29, 0.717) is 17.4 Å². The highest BCUT2D eigenvalue weighted by molar-refractivity contribution is 8.00. The van der Waals surface area contributed by atoms with Crippen LogP contribution in [-0.2, 0) is 9.53 Å². The maximum Gasteiger partial charge on any atom is 0.330 e. The predicted octanol–water partition coefficient (Wildman–Crippen LogP) is 6.35. The first-order valence-corrected chi connectivity index (χ1v) is 13.3. The zero-order valence-corrected chi connectivity index (χ0v) is 18.8. The second-order valence-electron chi connectivity index (χ2n) is 9.41. The fourth-order valence-corrected chi connectivity index (χ4v) is 8.72. The van der Waals surface area contributed by atoms with E-state index >= 15 is 0 Å². The van der Waals surface area contributed by atoms with Crippen LogP contribution in [0.15, 0.2) is 12.7 Å². The lowest BCUT2D eigenvalue weighted by Gasteiger charge is -2.62. The van der Waals surface area contributed by atoms with Gasteiger partial charge in [0.15, 0.2) is 0 Å². The van der Waals surface area contributed by atoms with Gasteiger partial charge < -0.3 is 4.74 Å². The van der Waals surface area contributed by atoms with E-state index in [-0.39, 0.29) is 5.97 Å². The van der Waals surface area contributed by atoms with Crippen molar-refractivity contribution in [1.82, 2.24) is 0 Å². The van der Waals surface area contributed by atoms with Crippen LogP contribution in [0.1, 0.15) is 71.1 Å². The molecule has 2 unspecified atom stereocenters. The standard InChI is InChI=1S/C23H38O2S2/c1-3-9-26-10-5-11-27-12-7-23-16-19-13-20(17-23)15-22(14-19,18-23)6-8-25-21(24)4-2/h4,19-20H,2-3,5-18H2,1H3. The molecule has 4 saturated carbocycles. The lowest BCUT2D eigenvalue weighted by atomic mass is 9.43. The molecule has 0 aromatic heterocycles. The molecule has 4 fully saturated rings. The molecule has 4 aliphatic carbocycles. The fraction of sp³-hybridized carbons (Fsp3) is 0.870. The topological polar surface area (TPSA) is 26.3 Å². The largest absolute Gasteiger partial charge is 0.463 e. The minimum absolute atomic E-state index is 0.261. The first-order chi connectivity index (χ1) is 13.1. The Kier molecular flexibility index (Phi) is 8.08. The Balaban J connectivity index is 1.43. The number of esters is 1. The van der Waals surface area contributed by atoms with Gasteiger partial charge in [0.1, 0.15) is 0 Å². The van der Waals surface area contributed by atoms with Crippen molar-refractivity contribution in [3.63, 3.8) is 0 Å². The average molecular weight is 411 g/mol. The molecule has 0 aromatic carbocycles. The van der Waals surface area contributed by atoms with Crippen LogP contribution in [0, 0.1) is 22.7 Å². The van der Waals surface area contributed by atoms with Crippen LogP contribution >= 0.6 is 23.5 Å². The molecule has 0 amide bonds. The van der Waals surface area contributed by atoms with Crippen LogP contribution in [0.4, 0.5) is 0 Å². The van der Waals surface area contributed by atoms with Crippen LogP contribution in [0.2, 0.25) is 0 Å². The molecule has 0 spiro atoms. The van der Waals surface area contributed by atoms with Gasteiger partial charge in [-0.25, -0.2) is 4.79 Å². The van der Waals surface area contributed by atoms with Crippen molar-refractivity contribution < 1.29 is 9.53 Å². The second-order valence-corrected chi connectivity index (χ2v) is 11.9. The van der Waals surface area contributed by atoms with E-state index in [9.17, 15) is 4.79 Å². The van der Waals surface area contributed by atoms with Crippen molar-refractivity contribution in [2.45, 2.75) is 71.1 Å². The van der Waals surface area contributed by atoms with Gasteiger partial charge in [-0.2, -0.15) is 23.5 Å². The Morgan fingerprint density at radius 2 is 1.67 bits per heavy atom. The highest BCUT2D eigenvalue weighted by Gasteiger charge is 2.56. The van der Waals surface area contributed by atoms with Crippen LogP contribution in [0.5, 0.6) is 0 Å². The molecule has 0 N–H and O–H groups in total. The summed E-state index contributed by atoms with van der Waals surface area (Å²) in [6, 6.07) is 0. The van der Waals surface area contributed by atoms with Crippen molar-refractivity contribution >= 4 is 29.5 Å². The number of carbonyl (C=O) groups excluding carboxylic acids is 1. The molecule has 0 radical (unpaired) electrons. The summed E-state index contributed by atoms with van der Waals surface area (Å²) in [6.45, 7) is 6.36. The molecule has 4 aliphatic rings. The number of hydrogen-bond acceptors (Lipinski definition) is 4. The van der Waals surface area contributed by atoms with Crippen LogP contribution < -0.4 is 0 Å². The average Bonchev–Trinajstić information content (AvgIpc) is 2.62. The smallest absolute Gasteiger partial charge is 0.330 e. The number of ether oxygens (including phenoxy) is 1. The normalized spacial score (nSPS) is 34.0. The molecule has 4 heteroatoms. The third kappa shape index (κ3) is 5.95. The molecule has 2 nitrogen and oxygen atoms in total. The molecular formula is C23H38O2S2.